The number of aryl methyl sites for hydroxylation is 1. The van der Waals surface area contributed by atoms with E-state index in [4.69, 9.17) is 0 Å². The second-order valence-corrected chi connectivity index (χ2v) is 5.45. The number of aromatic nitrogens is 1. The molecular weight excluding hydrogens is 256 g/mol. The van der Waals surface area contributed by atoms with Crippen molar-refractivity contribution in [3.05, 3.63) is 52.5 Å². The van der Waals surface area contributed by atoms with Gasteiger partial charge in [0.05, 0.1) is 0 Å². The summed E-state index contributed by atoms with van der Waals surface area (Å²) in [5.74, 6) is 0.128. The van der Waals surface area contributed by atoms with Crippen LogP contribution in [0.2, 0.25) is 0 Å². The van der Waals surface area contributed by atoms with Crippen LogP contribution in [0.5, 0.6) is 0 Å². The van der Waals surface area contributed by atoms with Gasteiger partial charge in [-0.05, 0) is 48.4 Å². The zero-order valence-corrected chi connectivity index (χ0v) is 11.7. The van der Waals surface area contributed by atoms with Crippen molar-refractivity contribution in [2.24, 2.45) is 0 Å². The number of hydrogen-bond donors (Lipinski definition) is 1. The highest BCUT2D eigenvalue weighted by atomic mass is 32.1. The first-order valence-corrected chi connectivity index (χ1v) is 7.40. The molecule has 2 heterocycles. The highest BCUT2D eigenvalue weighted by molar-refractivity contribution is 7.09. The van der Waals surface area contributed by atoms with Crippen LogP contribution < -0.4 is 5.32 Å². The maximum Gasteiger partial charge on any atom is 0.220 e. The number of nitrogens with zero attached hydrogens (tertiary/aromatic N) is 1. The van der Waals surface area contributed by atoms with Gasteiger partial charge in [0, 0.05) is 30.2 Å². The summed E-state index contributed by atoms with van der Waals surface area (Å²) in [4.78, 5) is 17.0. The Kier molecular flexibility index (Phi) is 5.56. The van der Waals surface area contributed by atoms with Crippen LogP contribution in [-0.4, -0.2) is 10.9 Å². The number of carbonyl (C=O) groups excluding carboxylic acids is 1. The lowest BCUT2D eigenvalue weighted by Crippen LogP contribution is -2.22. The number of rotatable bonds is 7. The zero-order chi connectivity index (χ0) is 13.3. The molecule has 0 aliphatic rings. The normalized spacial score (nSPS) is 10.3. The van der Waals surface area contributed by atoms with Crippen molar-refractivity contribution in [1.82, 2.24) is 10.3 Å². The summed E-state index contributed by atoms with van der Waals surface area (Å²) in [5.41, 5.74) is 1.09. The summed E-state index contributed by atoms with van der Waals surface area (Å²) in [5, 5.41) is 5.02. The Labute approximate surface area is 117 Å². The van der Waals surface area contributed by atoms with Gasteiger partial charge >= 0.3 is 0 Å². The molecule has 0 aliphatic heterocycles. The third-order valence-corrected chi connectivity index (χ3v) is 3.83. The van der Waals surface area contributed by atoms with Crippen molar-refractivity contribution in [2.45, 2.75) is 32.2 Å². The minimum Gasteiger partial charge on any atom is -0.352 e. The second kappa shape index (κ2) is 7.69. The first-order chi connectivity index (χ1) is 9.34. The smallest absolute Gasteiger partial charge is 0.220 e. The van der Waals surface area contributed by atoms with Crippen molar-refractivity contribution >= 4 is 17.2 Å². The summed E-state index contributed by atoms with van der Waals surface area (Å²) in [6.07, 6.45) is 7.18. The molecule has 0 saturated heterocycles. The van der Waals surface area contributed by atoms with Gasteiger partial charge in [0.25, 0.3) is 0 Å². The van der Waals surface area contributed by atoms with E-state index < -0.39 is 0 Å². The van der Waals surface area contributed by atoms with Crippen LogP contribution in [0.4, 0.5) is 0 Å². The van der Waals surface area contributed by atoms with Crippen molar-refractivity contribution in [3.8, 4) is 0 Å². The molecule has 0 fully saturated rings. The molecule has 3 nitrogen and oxygen atoms in total. The fourth-order valence-corrected chi connectivity index (χ4v) is 2.58. The van der Waals surface area contributed by atoms with Gasteiger partial charge in [-0.1, -0.05) is 6.07 Å². The molecule has 4 heteroatoms. The van der Waals surface area contributed by atoms with Gasteiger partial charge in [-0.25, -0.2) is 0 Å². The summed E-state index contributed by atoms with van der Waals surface area (Å²) >= 11 is 1.78. The maximum absolute atomic E-state index is 11.7. The first kappa shape index (κ1) is 13.7. The Bertz CT molecular complexity index is 482. The molecule has 0 radical (unpaired) electrons. The van der Waals surface area contributed by atoms with Crippen LogP contribution in [0.15, 0.2) is 42.0 Å². The quantitative estimate of drug-likeness (QED) is 0.788. The van der Waals surface area contributed by atoms with Crippen LogP contribution in [0.3, 0.4) is 0 Å². The molecule has 2 aromatic rings. The summed E-state index contributed by atoms with van der Waals surface area (Å²) in [6.45, 7) is 0.590. The lowest BCUT2D eigenvalue weighted by molar-refractivity contribution is -0.121. The molecule has 1 N–H and O–H groups in total. The SMILES string of the molecule is O=C(CCCCc1cccs1)NCc1ccncc1. The van der Waals surface area contributed by atoms with Crippen molar-refractivity contribution < 1.29 is 4.79 Å². The lowest BCUT2D eigenvalue weighted by Gasteiger charge is -2.04. The van der Waals surface area contributed by atoms with E-state index in [0.29, 0.717) is 13.0 Å². The van der Waals surface area contributed by atoms with Crippen molar-refractivity contribution in [3.63, 3.8) is 0 Å². The molecule has 0 aliphatic carbocycles. The maximum atomic E-state index is 11.7. The fourth-order valence-electron chi connectivity index (χ4n) is 1.83. The highest BCUT2D eigenvalue weighted by Gasteiger charge is 2.01. The summed E-state index contributed by atoms with van der Waals surface area (Å²) in [6, 6.07) is 8.05. The van der Waals surface area contributed by atoms with E-state index in [1.165, 1.54) is 4.88 Å². The number of thiophene rings is 1. The minimum absolute atomic E-state index is 0.128. The van der Waals surface area contributed by atoms with Crippen LogP contribution in [0.25, 0.3) is 0 Å². The van der Waals surface area contributed by atoms with Gasteiger partial charge < -0.3 is 5.32 Å². The largest absolute Gasteiger partial charge is 0.352 e. The average Bonchev–Trinajstić information content (AvgIpc) is 2.96. The van der Waals surface area contributed by atoms with Gasteiger partial charge in [0.15, 0.2) is 0 Å². The number of carbonyl (C=O) groups is 1. The molecule has 0 bridgehead atoms. The van der Waals surface area contributed by atoms with E-state index in [1.807, 2.05) is 12.1 Å². The predicted molar refractivity (Wildman–Crippen MR) is 78.0 cm³/mol. The Balaban J connectivity index is 1.57. The van der Waals surface area contributed by atoms with Crippen LogP contribution in [0, 0.1) is 0 Å². The summed E-state index contributed by atoms with van der Waals surface area (Å²) in [7, 11) is 0. The molecule has 19 heavy (non-hydrogen) atoms. The first-order valence-electron chi connectivity index (χ1n) is 6.52. The van der Waals surface area contributed by atoms with Crippen LogP contribution in [0.1, 0.15) is 29.7 Å². The van der Waals surface area contributed by atoms with Crippen molar-refractivity contribution in [1.29, 1.82) is 0 Å². The molecule has 0 unspecified atom stereocenters. The fraction of sp³-hybridized carbons (Fsp3) is 0.333. The molecule has 2 rings (SSSR count). The molecule has 100 valence electrons. The molecular formula is C15H18N2OS. The Morgan fingerprint density at radius 2 is 2.05 bits per heavy atom. The predicted octanol–water partition coefficient (Wildman–Crippen LogP) is 3.17. The van der Waals surface area contributed by atoms with E-state index in [0.717, 1.165) is 24.8 Å². The monoisotopic (exact) mass is 274 g/mol. The number of pyridine rings is 1. The molecule has 0 spiro atoms. The highest BCUT2D eigenvalue weighted by Crippen LogP contribution is 2.12. The Hall–Kier alpha value is -1.68. The number of unbranched alkanes of at least 4 members (excludes halogenated alkanes) is 1. The average molecular weight is 274 g/mol. The molecule has 0 atom stereocenters. The van der Waals surface area contributed by atoms with Crippen LogP contribution in [-0.2, 0) is 17.8 Å². The third kappa shape index (κ3) is 5.22. The van der Waals surface area contributed by atoms with Gasteiger partial charge in [-0.3, -0.25) is 9.78 Å². The lowest BCUT2D eigenvalue weighted by atomic mass is 10.1. The van der Waals surface area contributed by atoms with Crippen LogP contribution >= 0.6 is 11.3 Å². The Morgan fingerprint density at radius 3 is 2.79 bits per heavy atom. The van der Waals surface area contributed by atoms with E-state index in [2.05, 4.69) is 27.8 Å². The molecule has 2 aromatic heterocycles. The van der Waals surface area contributed by atoms with Gasteiger partial charge in [0.1, 0.15) is 0 Å². The Morgan fingerprint density at radius 1 is 1.21 bits per heavy atom. The van der Waals surface area contributed by atoms with E-state index >= 15 is 0 Å². The minimum atomic E-state index is 0.128. The second-order valence-electron chi connectivity index (χ2n) is 4.42. The molecule has 0 saturated carbocycles. The van der Waals surface area contributed by atoms with Gasteiger partial charge in [0.2, 0.25) is 5.91 Å². The van der Waals surface area contributed by atoms with E-state index in [9.17, 15) is 4.79 Å². The van der Waals surface area contributed by atoms with Gasteiger partial charge in [-0.2, -0.15) is 0 Å². The number of amides is 1. The third-order valence-electron chi connectivity index (χ3n) is 2.90. The van der Waals surface area contributed by atoms with E-state index in [-0.39, 0.29) is 5.91 Å². The molecule has 0 aromatic carbocycles. The number of hydrogen-bond acceptors (Lipinski definition) is 3. The summed E-state index contributed by atoms with van der Waals surface area (Å²) < 4.78 is 0. The number of nitrogens with one attached hydrogen (secondary N) is 1. The topological polar surface area (TPSA) is 42.0 Å². The van der Waals surface area contributed by atoms with Crippen molar-refractivity contribution in [2.75, 3.05) is 0 Å². The van der Waals surface area contributed by atoms with Gasteiger partial charge in [-0.15, -0.1) is 11.3 Å². The van der Waals surface area contributed by atoms with E-state index in [1.54, 1.807) is 23.7 Å². The standard InChI is InChI=1S/C15H18N2OS/c18-15(17-12-13-7-9-16-10-8-13)6-2-1-4-14-5-3-11-19-14/h3,5,7-11H,1-2,4,6,12H2,(H,17,18). The zero-order valence-electron chi connectivity index (χ0n) is 10.8. The molecule has 1 amide bonds.